The number of nitrogens with two attached hydrogens (primary N) is 1. The van der Waals surface area contributed by atoms with E-state index in [9.17, 15) is 4.79 Å². The maximum absolute atomic E-state index is 11.1. The van der Waals surface area contributed by atoms with Crippen molar-refractivity contribution in [1.82, 2.24) is 4.90 Å². The first-order chi connectivity index (χ1) is 7.52. The Morgan fingerprint density at radius 1 is 1.50 bits per heavy atom. The van der Waals surface area contributed by atoms with Crippen LogP contribution in [0.4, 0.5) is 0 Å². The molecule has 2 unspecified atom stereocenters. The normalized spacial score (nSPS) is 27.1. The van der Waals surface area contributed by atoms with E-state index in [1.165, 1.54) is 7.11 Å². The molecule has 1 saturated heterocycles. The van der Waals surface area contributed by atoms with E-state index in [2.05, 4.69) is 23.5 Å². The Balaban J connectivity index is 2.38. The highest BCUT2D eigenvalue weighted by molar-refractivity contribution is 5.69. The van der Waals surface area contributed by atoms with Gasteiger partial charge in [0.1, 0.15) is 0 Å². The van der Waals surface area contributed by atoms with Crippen LogP contribution < -0.4 is 5.73 Å². The number of hydrogen-bond acceptors (Lipinski definition) is 4. The highest BCUT2D eigenvalue weighted by atomic mass is 16.5. The average Bonchev–Trinajstić information content (AvgIpc) is 2.25. The van der Waals surface area contributed by atoms with Crippen LogP contribution in [0.3, 0.4) is 0 Å². The van der Waals surface area contributed by atoms with Gasteiger partial charge in [-0.3, -0.25) is 9.69 Å². The number of esters is 1. The van der Waals surface area contributed by atoms with E-state index in [0.717, 1.165) is 25.9 Å². The Hall–Kier alpha value is -0.610. The quantitative estimate of drug-likeness (QED) is 0.729. The van der Waals surface area contributed by atoms with Crippen molar-refractivity contribution in [3.8, 4) is 0 Å². The van der Waals surface area contributed by atoms with E-state index in [1.807, 2.05) is 0 Å². The lowest BCUT2D eigenvalue weighted by atomic mass is 9.90. The van der Waals surface area contributed by atoms with E-state index < -0.39 is 0 Å². The summed E-state index contributed by atoms with van der Waals surface area (Å²) in [4.78, 5) is 13.5. The molecule has 2 atom stereocenters. The summed E-state index contributed by atoms with van der Waals surface area (Å²) in [7, 11) is 1.44. The molecule has 1 aliphatic rings. The minimum Gasteiger partial charge on any atom is -0.469 e. The van der Waals surface area contributed by atoms with Crippen LogP contribution in [0.2, 0.25) is 0 Å². The highest BCUT2D eigenvalue weighted by Crippen LogP contribution is 2.22. The first kappa shape index (κ1) is 13.5. The fourth-order valence-electron chi connectivity index (χ4n) is 2.34. The van der Waals surface area contributed by atoms with Crippen molar-refractivity contribution in [3.63, 3.8) is 0 Å². The zero-order valence-corrected chi connectivity index (χ0v) is 10.6. The van der Waals surface area contributed by atoms with Gasteiger partial charge in [-0.1, -0.05) is 0 Å². The number of rotatable bonds is 4. The monoisotopic (exact) mass is 228 g/mol. The number of nitrogens with zero attached hydrogens (tertiary/aromatic N) is 1. The molecule has 0 amide bonds. The van der Waals surface area contributed by atoms with Gasteiger partial charge in [0, 0.05) is 31.6 Å². The van der Waals surface area contributed by atoms with Crippen molar-refractivity contribution in [2.75, 3.05) is 20.2 Å². The minimum atomic E-state index is -0.116. The average molecular weight is 228 g/mol. The number of hydrogen-bond donors (Lipinski definition) is 1. The van der Waals surface area contributed by atoms with Crippen molar-refractivity contribution in [2.45, 2.75) is 45.2 Å². The zero-order valence-electron chi connectivity index (χ0n) is 10.6. The molecule has 0 aromatic heterocycles. The van der Waals surface area contributed by atoms with Crippen LogP contribution in [-0.4, -0.2) is 43.2 Å². The smallest absolute Gasteiger partial charge is 0.305 e. The van der Waals surface area contributed by atoms with Crippen LogP contribution in [0.15, 0.2) is 0 Å². The molecule has 0 radical (unpaired) electrons. The number of likely N-dealkylation sites (tertiary alicyclic amines) is 1. The Morgan fingerprint density at radius 3 is 2.75 bits per heavy atom. The molecule has 4 heteroatoms. The molecule has 1 fully saturated rings. The SMILES string of the molecule is COC(=O)CCC1CC(N)CN(C(C)C)C1. The Kier molecular flexibility index (Phi) is 5.22. The molecule has 1 aliphatic heterocycles. The summed E-state index contributed by atoms with van der Waals surface area (Å²) in [5, 5.41) is 0. The summed E-state index contributed by atoms with van der Waals surface area (Å²) < 4.78 is 4.66. The maximum Gasteiger partial charge on any atom is 0.305 e. The molecule has 94 valence electrons. The van der Waals surface area contributed by atoms with E-state index in [4.69, 9.17) is 5.73 Å². The van der Waals surface area contributed by atoms with Crippen LogP contribution in [0.5, 0.6) is 0 Å². The second kappa shape index (κ2) is 6.21. The van der Waals surface area contributed by atoms with Gasteiger partial charge in [-0.25, -0.2) is 0 Å². The third kappa shape index (κ3) is 4.10. The summed E-state index contributed by atoms with van der Waals surface area (Å²) >= 11 is 0. The Bertz CT molecular complexity index is 231. The molecule has 0 aromatic rings. The molecule has 16 heavy (non-hydrogen) atoms. The highest BCUT2D eigenvalue weighted by Gasteiger charge is 2.26. The molecular formula is C12H24N2O2. The molecule has 0 bridgehead atoms. The Labute approximate surface area is 98.1 Å². The number of ether oxygens (including phenoxy) is 1. The molecular weight excluding hydrogens is 204 g/mol. The first-order valence-electron chi connectivity index (χ1n) is 6.09. The van der Waals surface area contributed by atoms with Crippen LogP contribution in [-0.2, 0) is 9.53 Å². The lowest BCUT2D eigenvalue weighted by Gasteiger charge is -2.38. The fraction of sp³-hybridized carbons (Fsp3) is 0.917. The van der Waals surface area contributed by atoms with E-state index in [1.54, 1.807) is 0 Å². The second-order valence-electron chi connectivity index (χ2n) is 5.02. The molecule has 2 N–H and O–H groups in total. The molecule has 0 spiro atoms. The van der Waals surface area contributed by atoms with Gasteiger partial charge in [0.2, 0.25) is 0 Å². The summed E-state index contributed by atoms with van der Waals surface area (Å²) in [6, 6.07) is 0.783. The second-order valence-corrected chi connectivity index (χ2v) is 5.02. The topological polar surface area (TPSA) is 55.6 Å². The van der Waals surface area contributed by atoms with Gasteiger partial charge >= 0.3 is 5.97 Å². The van der Waals surface area contributed by atoms with Gasteiger partial charge in [-0.15, -0.1) is 0 Å². The number of carbonyl (C=O) groups excluding carboxylic acids is 1. The summed E-state index contributed by atoms with van der Waals surface area (Å²) in [6.45, 7) is 6.42. The van der Waals surface area contributed by atoms with Crippen molar-refractivity contribution in [1.29, 1.82) is 0 Å². The summed E-state index contributed by atoms with van der Waals surface area (Å²) in [5.74, 6) is 0.417. The van der Waals surface area contributed by atoms with Crippen LogP contribution >= 0.6 is 0 Å². The molecule has 0 saturated carbocycles. The van der Waals surface area contributed by atoms with E-state index in [0.29, 0.717) is 18.4 Å². The van der Waals surface area contributed by atoms with Crippen LogP contribution in [0.25, 0.3) is 0 Å². The van der Waals surface area contributed by atoms with Gasteiger partial charge in [0.15, 0.2) is 0 Å². The number of piperidine rings is 1. The Morgan fingerprint density at radius 2 is 2.19 bits per heavy atom. The lowest BCUT2D eigenvalue weighted by molar-refractivity contribution is -0.141. The predicted molar refractivity (Wildman–Crippen MR) is 64.0 cm³/mol. The summed E-state index contributed by atoms with van der Waals surface area (Å²) in [6.07, 6.45) is 2.43. The molecule has 0 aliphatic carbocycles. The molecule has 0 aromatic carbocycles. The first-order valence-corrected chi connectivity index (χ1v) is 6.09. The minimum absolute atomic E-state index is 0.116. The van der Waals surface area contributed by atoms with E-state index in [-0.39, 0.29) is 12.0 Å². The predicted octanol–water partition coefficient (Wildman–Crippen LogP) is 0.997. The zero-order chi connectivity index (χ0) is 12.1. The van der Waals surface area contributed by atoms with Crippen molar-refractivity contribution in [3.05, 3.63) is 0 Å². The number of carbonyl (C=O) groups is 1. The van der Waals surface area contributed by atoms with Crippen molar-refractivity contribution < 1.29 is 9.53 Å². The van der Waals surface area contributed by atoms with Gasteiger partial charge in [0.25, 0.3) is 0 Å². The number of methoxy groups -OCH3 is 1. The van der Waals surface area contributed by atoms with Gasteiger partial charge in [0.05, 0.1) is 7.11 Å². The van der Waals surface area contributed by atoms with Crippen molar-refractivity contribution in [2.24, 2.45) is 11.7 Å². The molecule has 1 rings (SSSR count). The summed E-state index contributed by atoms with van der Waals surface area (Å²) in [5.41, 5.74) is 6.03. The van der Waals surface area contributed by atoms with Crippen molar-refractivity contribution >= 4 is 5.97 Å². The maximum atomic E-state index is 11.1. The van der Waals surface area contributed by atoms with Gasteiger partial charge in [-0.05, 0) is 32.6 Å². The standard InChI is InChI=1S/C12H24N2O2/c1-9(2)14-7-10(6-11(13)8-14)4-5-12(15)16-3/h9-11H,4-8,13H2,1-3H3. The van der Waals surface area contributed by atoms with Gasteiger partial charge in [-0.2, -0.15) is 0 Å². The fourth-order valence-corrected chi connectivity index (χ4v) is 2.34. The third-order valence-electron chi connectivity index (χ3n) is 3.31. The van der Waals surface area contributed by atoms with E-state index >= 15 is 0 Å². The lowest BCUT2D eigenvalue weighted by Crippen LogP contribution is -2.49. The largest absolute Gasteiger partial charge is 0.469 e. The van der Waals surface area contributed by atoms with Gasteiger partial charge < -0.3 is 10.5 Å². The molecule has 1 heterocycles. The van der Waals surface area contributed by atoms with Crippen LogP contribution in [0.1, 0.15) is 33.1 Å². The molecule has 4 nitrogen and oxygen atoms in total. The third-order valence-corrected chi connectivity index (χ3v) is 3.31. The van der Waals surface area contributed by atoms with Crippen LogP contribution in [0, 0.1) is 5.92 Å².